The van der Waals surface area contributed by atoms with Gasteiger partial charge in [0.1, 0.15) is 6.54 Å². The lowest BCUT2D eigenvalue weighted by atomic mass is 10.1. The summed E-state index contributed by atoms with van der Waals surface area (Å²) in [7, 11) is 0. The monoisotopic (exact) mass is 393 g/mol. The Hall–Kier alpha value is -2.48. The molecular weight excluding hydrogens is 378 g/mol. The number of hydrogen-bond donors (Lipinski definition) is 1. The van der Waals surface area contributed by atoms with Gasteiger partial charge in [-0.3, -0.25) is 19.3 Å². The third-order valence-electron chi connectivity index (χ3n) is 3.50. The van der Waals surface area contributed by atoms with Crippen LogP contribution in [0.4, 0.5) is 4.79 Å². The maximum atomic E-state index is 12.1. The van der Waals surface area contributed by atoms with E-state index in [9.17, 15) is 19.2 Å². The van der Waals surface area contributed by atoms with Gasteiger partial charge < -0.3 is 5.32 Å². The number of urea groups is 1. The van der Waals surface area contributed by atoms with E-state index in [0.29, 0.717) is 4.90 Å². The lowest BCUT2D eigenvalue weighted by Crippen LogP contribution is -2.42. The number of carbonyl (C=O) groups is 4. The average Bonchev–Trinajstić information content (AvgIpc) is 2.73. The molecule has 1 aromatic carbocycles. The highest BCUT2D eigenvalue weighted by atomic mass is 79.9. The van der Waals surface area contributed by atoms with E-state index in [4.69, 9.17) is 0 Å². The van der Waals surface area contributed by atoms with Gasteiger partial charge in [-0.1, -0.05) is 40.2 Å². The molecule has 8 heteroatoms. The van der Waals surface area contributed by atoms with Crippen molar-refractivity contribution in [1.82, 2.24) is 15.1 Å². The first kappa shape index (κ1) is 17.9. The summed E-state index contributed by atoms with van der Waals surface area (Å²) in [5, 5.41) is 2.70. The van der Waals surface area contributed by atoms with E-state index in [1.807, 2.05) is 24.3 Å². The average molecular weight is 394 g/mol. The molecule has 7 nitrogen and oxygen atoms in total. The molecule has 1 saturated heterocycles. The number of amides is 5. The molecule has 0 aromatic heterocycles. The molecule has 0 unspecified atom stereocenters. The lowest BCUT2D eigenvalue weighted by molar-refractivity contribution is -0.143. The van der Waals surface area contributed by atoms with Gasteiger partial charge in [-0.05, 0) is 18.6 Å². The molecule has 1 N–H and O–H groups in total. The standard InChI is InChI=1S/C16H16BrN3O4/c1-3-8-19-14(22)15(23)20(16(19)24)9-13(21)18-10(2)11-6-4-5-7-12(11)17/h3-7,10H,1,8-9H2,2H3,(H,18,21)/t10-/m1/s1. The van der Waals surface area contributed by atoms with Crippen molar-refractivity contribution in [2.24, 2.45) is 0 Å². The van der Waals surface area contributed by atoms with Crippen molar-refractivity contribution in [1.29, 1.82) is 0 Å². The second-order valence-corrected chi connectivity index (χ2v) is 6.04. The Labute approximate surface area is 147 Å². The van der Waals surface area contributed by atoms with Gasteiger partial charge in [0, 0.05) is 11.0 Å². The largest absolute Gasteiger partial charge is 0.348 e. The third kappa shape index (κ3) is 3.53. The molecule has 0 spiro atoms. The number of imide groups is 2. The van der Waals surface area contributed by atoms with Crippen LogP contribution in [0.25, 0.3) is 0 Å². The van der Waals surface area contributed by atoms with Crippen LogP contribution in [-0.4, -0.2) is 46.6 Å². The maximum absolute atomic E-state index is 12.1. The van der Waals surface area contributed by atoms with Gasteiger partial charge >= 0.3 is 17.8 Å². The SMILES string of the molecule is C=CCN1C(=O)C(=O)N(CC(=O)N[C@H](C)c2ccccc2Br)C1=O. The zero-order chi connectivity index (χ0) is 17.9. The van der Waals surface area contributed by atoms with E-state index < -0.39 is 30.3 Å². The molecule has 1 aromatic rings. The zero-order valence-electron chi connectivity index (χ0n) is 13.0. The summed E-state index contributed by atoms with van der Waals surface area (Å²) in [6, 6.07) is 6.23. The Morgan fingerprint density at radius 3 is 2.50 bits per heavy atom. The van der Waals surface area contributed by atoms with E-state index in [-0.39, 0.29) is 12.6 Å². The molecule has 0 saturated carbocycles. The first-order valence-electron chi connectivity index (χ1n) is 7.18. The number of rotatable bonds is 6. The minimum atomic E-state index is -1.01. The van der Waals surface area contributed by atoms with Crippen LogP contribution in [0.1, 0.15) is 18.5 Å². The van der Waals surface area contributed by atoms with E-state index in [2.05, 4.69) is 27.8 Å². The van der Waals surface area contributed by atoms with Crippen molar-refractivity contribution < 1.29 is 19.2 Å². The summed E-state index contributed by atoms with van der Waals surface area (Å²) >= 11 is 3.40. The number of halogens is 1. The highest BCUT2D eigenvalue weighted by Crippen LogP contribution is 2.22. The Bertz CT molecular complexity index is 719. The van der Waals surface area contributed by atoms with Crippen LogP contribution in [0.15, 0.2) is 41.4 Å². The van der Waals surface area contributed by atoms with E-state index in [1.54, 1.807) is 6.92 Å². The first-order valence-corrected chi connectivity index (χ1v) is 7.98. The van der Waals surface area contributed by atoms with Crippen LogP contribution in [0.5, 0.6) is 0 Å². The fraction of sp³-hybridized carbons (Fsp3) is 0.250. The van der Waals surface area contributed by atoms with Crippen LogP contribution in [0.3, 0.4) is 0 Å². The fourth-order valence-electron chi connectivity index (χ4n) is 2.31. The number of benzene rings is 1. The molecule has 1 fully saturated rings. The second-order valence-electron chi connectivity index (χ2n) is 5.19. The minimum Gasteiger partial charge on any atom is -0.348 e. The van der Waals surface area contributed by atoms with Crippen molar-refractivity contribution in [3.05, 3.63) is 47.0 Å². The van der Waals surface area contributed by atoms with Crippen LogP contribution < -0.4 is 5.32 Å². The van der Waals surface area contributed by atoms with E-state index in [1.165, 1.54) is 6.08 Å². The molecule has 0 bridgehead atoms. The highest BCUT2D eigenvalue weighted by Gasteiger charge is 2.44. The summed E-state index contributed by atoms with van der Waals surface area (Å²) in [6.07, 6.45) is 1.33. The normalized spacial score (nSPS) is 15.7. The molecule has 1 aliphatic rings. The molecule has 0 radical (unpaired) electrons. The smallest absolute Gasteiger partial charge is 0.335 e. The number of nitrogens with zero attached hydrogens (tertiary/aromatic N) is 2. The molecule has 5 amide bonds. The highest BCUT2D eigenvalue weighted by molar-refractivity contribution is 9.10. The molecule has 1 atom stereocenters. The number of nitrogens with one attached hydrogen (secondary N) is 1. The predicted molar refractivity (Wildman–Crippen MR) is 89.7 cm³/mol. The van der Waals surface area contributed by atoms with Gasteiger partial charge in [0.25, 0.3) is 0 Å². The van der Waals surface area contributed by atoms with Crippen molar-refractivity contribution in [2.75, 3.05) is 13.1 Å². The predicted octanol–water partition coefficient (Wildman–Crippen LogP) is 1.60. The van der Waals surface area contributed by atoms with Crippen LogP contribution in [-0.2, 0) is 14.4 Å². The van der Waals surface area contributed by atoms with Gasteiger partial charge in [0.05, 0.1) is 6.04 Å². The fourth-order valence-corrected chi connectivity index (χ4v) is 2.94. The van der Waals surface area contributed by atoms with Gasteiger partial charge in [0.15, 0.2) is 0 Å². The Balaban J connectivity index is 2.03. The summed E-state index contributed by atoms with van der Waals surface area (Å²) in [4.78, 5) is 49.1. The molecule has 2 rings (SSSR count). The number of hydrogen-bond acceptors (Lipinski definition) is 4. The summed E-state index contributed by atoms with van der Waals surface area (Å²) in [5.74, 6) is -2.50. The molecule has 1 aliphatic heterocycles. The van der Waals surface area contributed by atoms with E-state index >= 15 is 0 Å². The van der Waals surface area contributed by atoms with E-state index in [0.717, 1.165) is 14.9 Å². The van der Waals surface area contributed by atoms with Gasteiger partial charge in [-0.15, -0.1) is 6.58 Å². The topological polar surface area (TPSA) is 86.8 Å². The van der Waals surface area contributed by atoms with Crippen molar-refractivity contribution >= 4 is 39.7 Å². The van der Waals surface area contributed by atoms with Gasteiger partial charge in [0.2, 0.25) is 5.91 Å². The van der Waals surface area contributed by atoms with Crippen LogP contribution in [0, 0.1) is 0 Å². The molecular formula is C16H16BrN3O4. The quantitative estimate of drug-likeness (QED) is 0.451. The maximum Gasteiger partial charge on any atom is 0.335 e. The van der Waals surface area contributed by atoms with Crippen LogP contribution in [0.2, 0.25) is 0 Å². The summed E-state index contributed by atoms with van der Waals surface area (Å²) in [5.41, 5.74) is 0.856. The Morgan fingerprint density at radius 1 is 1.25 bits per heavy atom. The van der Waals surface area contributed by atoms with Crippen LogP contribution >= 0.6 is 15.9 Å². The van der Waals surface area contributed by atoms with Crippen molar-refractivity contribution in [2.45, 2.75) is 13.0 Å². The summed E-state index contributed by atoms with van der Waals surface area (Å²) in [6.45, 7) is 4.62. The lowest BCUT2D eigenvalue weighted by Gasteiger charge is -2.18. The van der Waals surface area contributed by atoms with Crippen molar-refractivity contribution in [3.8, 4) is 0 Å². The third-order valence-corrected chi connectivity index (χ3v) is 4.22. The summed E-state index contributed by atoms with van der Waals surface area (Å²) < 4.78 is 0.832. The Kier molecular flexibility index (Phi) is 5.50. The minimum absolute atomic E-state index is 0.0745. The Morgan fingerprint density at radius 2 is 1.88 bits per heavy atom. The molecule has 1 heterocycles. The molecule has 24 heavy (non-hydrogen) atoms. The van der Waals surface area contributed by atoms with Gasteiger partial charge in [-0.25, -0.2) is 9.69 Å². The second kappa shape index (κ2) is 7.39. The molecule has 0 aliphatic carbocycles. The number of carbonyl (C=O) groups excluding carboxylic acids is 4. The van der Waals surface area contributed by atoms with Crippen molar-refractivity contribution in [3.63, 3.8) is 0 Å². The van der Waals surface area contributed by atoms with Gasteiger partial charge in [-0.2, -0.15) is 0 Å². The molecule has 126 valence electrons. The zero-order valence-corrected chi connectivity index (χ0v) is 14.6. The first-order chi connectivity index (χ1) is 11.4.